The van der Waals surface area contributed by atoms with E-state index < -0.39 is 0 Å². The van der Waals surface area contributed by atoms with E-state index in [0.717, 1.165) is 11.3 Å². The Morgan fingerprint density at radius 2 is 2.40 bits per heavy atom. The number of aryl methyl sites for hydroxylation is 1. The van der Waals surface area contributed by atoms with Crippen LogP contribution in [0.3, 0.4) is 0 Å². The lowest BCUT2D eigenvalue weighted by atomic mass is 10.2. The SMILES string of the molecule is Cc1ccc(C[N+]#N)cn1. The van der Waals surface area contributed by atoms with Crippen molar-refractivity contribution in [2.75, 3.05) is 0 Å². The summed E-state index contributed by atoms with van der Waals surface area (Å²) >= 11 is 0. The van der Waals surface area contributed by atoms with E-state index in [-0.39, 0.29) is 0 Å². The Kier molecular flexibility index (Phi) is 1.96. The summed E-state index contributed by atoms with van der Waals surface area (Å²) in [6.07, 6.45) is 1.70. The second-order valence-corrected chi connectivity index (χ2v) is 2.11. The van der Waals surface area contributed by atoms with Gasteiger partial charge < -0.3 is 0 Å². The maximum Gasteiger partial charge on any atom is 0.332 e. The smallest absolute Gasteiger partial charge is 0.261 e. The Morgan fingerprint density at radius 3 is 2.90 bits per heavy atom. The molecule has 0 aliphatic heterocycles. The van der Waals surface area contributed by atoms with Gasteiger partial charge in [0, 0.05) is 11.9 Å². The van der Waals surface area contributed by atoms with Gasteiger partial charge in [0.2, 0.25) is 5.39 Å². The Bertz CT molecular complexity index is 245. The molecule has 3 heteroatoms. The summed E-state index contributed by atoms with van der Waals surface area (Å²) < 4.78 is 0. The van der Waals surface area contributed by atoms with Crippen molar-refractivity contribution in [1.82, 2.24) is 4.98 Å². The lowest BCUT2D eigenvalue weighted by Gasteiger charge is -1.88. The normalized spacial score (nSPS) is 8.80. The van der Waals surface area contributed by atoms with E-state index in [1.807, 2.05) is 19.1 Å². The fourth-order valence-electron chi connectivity index (χ4n) is 0.674. The number of pyridine rings is 1. The number of hydrogen-bond donors (Lipinski definition) is 0. The number of rotatable bonds is 1. The van der Waals surface area contributed by atoms with Crippen molar-refractivity contribution in [3.63, 3.8) is 0 Å². The van der Waals surface area contributed by atoms with Crippen LogP contribution in [0.15, 0.2) is 18.3 Å². The van der Waals surface area contributed by atoms with Crippen LogP contribution in [0.4, 0.5) is 0 Å². The summed E-state index contributed by atoms with van der Waals surface area (Å²) in [5.41, 5.74) is 1.90. The average Bonchev–Trinajstić information content (AvgIpc) is 1.95. The van der Waals surface area contributed by atoms with Gasteiger partial charge in [0.1, 0.15) is 4.98 Å². The molecule has 0 bridgehead atoms. The molecule has 0 aliphatic rings. The zero-order valence-corrected chi connectivity index (χ0v) is 5.78. The fourth-order valence-corrected chi connectivity index (χ4v) is 0.674. The van der Waals surface area contributed by atoms with Crippen LogP contribution in [-0.2, 0) is 6.54 Å². The quantitative estimate of drug-likeness (QED) is 0.549. The summed E-state index contributed by atoms with van der Waals surface area (Å²) in [5.74, 6) is 0. The highest BCUT2D eigenvalue weighted by Crippen LogP contribution is 1.99. The van der Waals surface area contributed by atoms with Gasteiger partial charge in [-0.3, -0.25) is 4.98 Å². The summed E-state index contributed by atoms with van der Waals surface area (Å²) in [4.78, 5) is 7.02. The lowest BCUT2D eigenvalue weighted by molar-refractivity contribution is 1.11. The first kappa shape index (κ1) is 6.69. The molecule has 0 N–H and O–H groups in total. The molecule has 3 nitrogen and oxygen atoms in total. The molecule has 0 radical (unpaired) electrons. The van der Waals surface area contributed by atoms with Crippen LogP contribution in [-0.4, -0.2) is 4.98 Å². The molecule has 0 unspecified atom stereocenters. The molecule has 10 heavy (non-hydrogen) atoms. The number of hydrogen-bond acceptors (Lipinski definition) is 2. The molecule has 1 aromatic rings. The van der Waals surface area contributed by atoms with Crippen molar-refractivity contribution < 1.29 is 0 Å². The minimum Gasteiger partial charge on any atom is -0.261 e. The maximum absolute atomic E-state index is 8.19. The van der Waals surface area contributed by atoms with E-state index in [1.165, 1.54) is 0 Å². The molecular weight excluding hydrogens is 126 g/mol. The Hall–Kier alpha value is -1.43. The first-order chi connectivity index (χ1) is 4.83. The molecule has 0 fully saturated rings. The third kappa shape index (κ3) is 1.52. The van der Waals surface area contributed by atoms with Crippen molar-refractivity contribution in [1.29, 1.82) is 5.39 Å². The molecule has 0 saturated heterocycles. The second kappa shape index (κ2) is 2.92. The molecule has 1 aromatic heterocycles. The molecule has 50 valence electrons. The predicted molar refractivity (Wildman–Crippen MR) is 37.8 cm³/mol. The molecule has 0 aliphatic carbocycles. The standard InChI is InChI=1S/C7H8N3/c1-6-2-3-7(4-9-6)5-10-8/h2-4H,5H2,1H3/q+1. The minimum absolute atomic E-state index is 0.327. The topological polar surface area (TPSA) is 41.0 Å². The number of nitrogens with zero attached hydrogens (tertiary/aromatic N) is 3. The van der Waals surface area contributed by atoms with Crippen LogP contribution < -0.4 is 0 Å². The van der Waals surface area contributed by atoms with E-state index in [0.29, 0.717) is 6.54 Å². The van der Waals surface area contributed by atoms with Crippen molar-refractivity contribution in [2.45, 2.75) is 13.5 Å². The van der Waals surface area contributed by atoms with Crippen molar-refractivity contribution in [2.24, 2.45) is 0 Å². The van der Waals surface area contributed by atoms with Gasteiger partial charge in [-0.1, -0.05) is 0 Å². The van der Waals surface area contributed by atoms with Gasteiger partial charge in [-0.2, -0.15) is 0 Å². The Morgan fingerprint density at radius 1 is 1.60 bits per heavy atom. The first-order valence-corrected chi connectivity index (χ1v) is 3.05. The molecular formula is C7H8N3+. The number of aromatic nitrogens is 1. The highest BCUT2D eigenvalue weighted by molar-refractivity contribution is 5.13. The largest absolute Gasteiger partial charge is 0.332 e. The van der Waals surface area contributed by atoms with Crippen LogP contribution >= 0.6 is 0 Å². The monoisotopic (exact) mass is 134 g/mol. The van der Waals surface area contributed by atoms with E-state index in [4.69, 9.17) is 5.39 Å². The second-order valence-electron chi connectivity index (χ2n) is 2.11. The number of diazo groups is 1. The van der Waals surface area contributed by atoms with Crippen molar-refractivity contribution >= 4 is 0 Å². The fraction of sp³-hybridized carbons (Fsp3) is 0.286. The highest BCUT2D eigenvalue weighted by atomic mass is 14.8. The van der Waals surface area contributed by atoms with Gasteiger partial charge in [-0.05, 0) is 19.1 Å². The molecule has 1 heterocycles. The van der Waals surface area contributed by atoms with E-state index in [1.54, 1.807) is 6.20 Å². The summed E-state index contributed by atoms with van der Waals surface area (Å²) in [5, 5.41) is 8.19. The summed E-state index contributed by atoms with van der Waals surface area (Å²) in [6.45, 7) is 2.24. The van der Waals surface area contributed by atoms with Crippen LogP contribution in [0.25, 0.3) is 4.98 Å². The molecule has 0 amide bonds. The van der Waals surface area contributed by atoms with E-state index in [9.17, 15) is 0 Å². The zero-order valence-electron chi connectivity index (χ0n) is 5.78. The zero-order chi connectivity index (χ0) is 7.40. The average molecular weight is 134 g/mol. The Balaban J connectivity index is 2.81. The van der Waals surface area contributed by atoms with Gasteiger partial charge in [-0.25, -0.2) is 0 Å². The third-order valence-corrected chi connectivity index (χ3v) is 1.23. The molecule has 1 rings (SSSR count). The van der Waals surface area contributed by atoms with Crippen LogP contribution in [0.1, 0.15) is 11.3 Å². The molecule has 0 spiro atoms. The lowest BCUT2D eigenvalue weighted by Crippen LogP contribution is -1.83. The van der Waals surface area contributed by atoms with Crippen molar-refractivity contribution in [3.05, 3.63) is 34.6 Å². The van der Waals surface area contributed by atoms with Crippen LogP contribution in [0.2, 0.25) is 0 Å². The molecule has 0 saturated carbocycles. The van der Waals surface area contributed by atoms with Gasteiger partial charge >= 0.3 is 6.54 Å². The van der Waals surface area contributed by atoms with Gasteiger partial charge in [-0.15, -0.1) is 0 Å². The molecule has 0 atom stereocenters. The maximum atomic E-state index is 8.19. The first-order valence-electron chi connectivity index (χ1n) is 3.05. The molecule has 0 aromatic carbocycles. The Labute approximate surface area is 59.3 Å². The van der Waals surface area contributed by atoms with Gasteiger partial charge in [0.15, 0.2) is 0 Å². The van der Waals surface area contributed by atoms with Gasteiger partial charge in [0.05, 0.1) is 5.56 Å². The van der Waals surface area contributed by atoms with E-state index in [2.05, 4.69) is 9.96 Å². The minimum atomic E-state index is 0.327. The van der Waals surface area contributed by atoms with Crippen LogP contribution in [0.5, 0.6) is 0 Å². The highest BCUT2D eigenvalue weighted by Gasteiger charge is 1.97. The van der Waals surface area contributed by atoms with Crippen LogP contribution in [0, 0.1) is 12.3 Å². The van der Waals surface area contributed by atoms with E-state index >= 15 is 0 Å². The van der Waals surface area contributed by atoms with Gasteiger partial charge in [0.25, 0.3) is 0 Å². The summed E-state index contributed by atoms with van der Waals surface area (Å²) in [6, 6.07) is 3.78. The summed E-state index contributed by atoms with van der Waals surface area (Å²) in [7, 11) is 0. The van der Waals surface area contributed by atoms with Crippen molar-refractivity contribution in [3.8, 4) is 0 Å². The predicted octanol–water partition coefficient (Wildman–Crippen LogP) is 1.74. The third-order valence-electron chi connectivity index (χ3n) is 1.23.